The molecule has 0 amide bonds. The third kappa shape index (κ3) is 3.47. The van der Waals surface area contributed by atoms with Gasteiger partial charge < -0.3 is 5.32 Å². The van der Waals surface area contributed by atoms with Gasteiger partial charge in [-0.2, -0.15) is 4.37 Å². The van der Waals surface area contributed by atoms with Crippen LogP contribution in [0.1, 0.15) is 31.6 Å². The summed E-state index contributed by atoms with van der Waals surface area (Å²) in [6, 6.07) is 0. The molecule has 0 aromatic carbocycles. The molecular weight excluding hydrogens is 252 g/mol. The first kappa shape index (κ1) is 12.4. The Bertz CT molecular complexity index is 456. The van der Waals surface area contributed by atoms with Crippen molar-refractivity contribution in [2.75, 3.05) is 11.9 Å². The molecule has 2 heterocycles. The highest BCUT2D eigenvalue weighted by molar-refractivity contribution is 7.09. The molecule has 0 bridgehead atoms. The summed E-state index contributed by atoms with van der Waals surface area (Å²) in [5.41, 5.74) is 0.0196. The van der Waals surface area contributed by atoms with Gasteiger partial charge in [-0.25, -0.2) is 9.97 Å². The van der Waals surface area contributed by atoms with E-state index in [1.165, 1.54) is 11.5 Å². The lowest BCUT2D eigenvalue weighted by Crippen LogP contribution is -2.13. The van der Waals surface area contributed by atoms with Crippen molar-refractivity contribution in [3.05, 3.63) is 22.4 Å². The van der Waals surface area contributed by atoms with Crippen LogP contribution >= 0.6 is 22.9 Å². The number of hydrogen-bond acceptors (Lipinski definition) is 6. The van der Waals surface area contributed by atoms with Gasteiger partial charge in [0.1, 0.15) is 5.82 Å². The van der Waals surface area contributed by atoms with Crippen LogP contribution in [0, 0.1) is 0 Å². The molecule has 2 rings (SSSR count). The van der Waals surface area contributed by atoms with Gasteiger partial charge in [0.15, 0.2) is 0 Å². The Morgan fingerprint density at radius 3 is 2.76 bits per heavy atom. The average Bonchev–Trinajstić information content (AvgIpc) is 2.86. The molecule has 0 aliphatic heterocycles. The van der Waals surface area contributed by atoms with Crippen LogP contribution in [0.25, 0.3) is 0 Å². The Kier molecular flexibility index (Phi) is 3.73. The molecule has 0 spiro atoms. The number of thiazole rings is 1. The first-order valence-electron chi connectivity index (χ1n) is 5.52. The Morgan fingerprint density at radius 2 is 2.18 bits per heavy atom. The van der Waals surface area contributed by atoms with Crippen molar-refractivity contribution in [3.8, 4) is 0 Å². The molecule has 0 aliphatic rings. The summed E-state index contributed by atoms with van der Waals surface area (Å²) >= 11 is 3.11. The molecule has 4 nitrogen and oxygen atoms in total. The van der Waals surface area contributed by atoms with Gasteiger partial charge in [-0.1, -0.05) is 20.8 Å². The second kappa shape index (κ2) is 5.10. The minimum absolute atomic E-state index is 0.0196. The molecular formula is C11H16N4S2. The quantitative estimate of drug-likeness (QED) is 0.926. The normalized spacial score (nSPS) is 11.7. The lowest BCUT2D eigenvalue weighted by molar-refractivity contribution is 0.555. The molecule has 2 aromatic rings. The molecule has 6 heteroatoms. The summed E-state index contributed by atoms with van der Waals surface area (Å²) in [5.74, 6) is 0.902. The van der Waals surface area contributed by atoms with Crippen molar-refractivity contribution in [1.29, 1.82) is 0 Å². The number of rotatable bonds is 4. The van der Waals surface area contributed by atoms with Crippen molar-refractivity contribution < 1.29 is 0 Å². The summed E-state index contributed by atoms with van der Waals surface area (Å²) in [6.07, 6.45) is 2.77. The largest absolute Gasteiger partial charge is 0.360 e. The maximum absolute atomic E-state index is 4.48. The standard InChI is InChI=1S/C11H16N4S2/c1-11(2,3)9-14-10(17-15-9)13-5-4-8-12-6-7-16-8/h6-7H,4-5H2,1-3H3,(H,13,14,15). The molecule has 17 heavy (non-hydrogen) atoms. The van der Waals surface area contributed by atoms with E-state index in [1.54, 1.807) is 11.3 Å². The van der Waals surface area contributed by atoms with Crippen LogP contribution in [-0.4, -0.2) is 20.9 Å². The molecule has 2 aromatic heterocycles. The first-order valence-corrected chi connectivity index (χ1v) is 7.17. The number of nitrogens with zero attached hydrogens (tertiary/aromatic N) is 3. The summed E-state index contributed by atoms with van der Waals surface area (Å²) in [5, 5.41) is 7.33. The Labute approximate surface area is 109 Å². The Hall–Kier alpha value is -1.01. The van der Waals surface area contributed by atoms with Crippen LogP contribution in [0.15, 0.2) is 11.6 Å². The molecule has 0 radical (unpaired) electrons. The molecule has 0 saturated heterocycles. The van der Waals surface area contributed by atoms with E-state index in [2.05, 4.69) is 40.4 Å². The maximum Gasteiger partial charge on any atom is 0.202 e. The van der Waals surface area contributed by atoms with Crippen LogP contribution in [0.2, 0.25) is 0 Å². The molecule has 0 fully saturated rings. The monoisotopic (exact) mass is 268 g/mol. The van der Waals surface area contributed by atoms with Crippen molar-refractivity contribution in [2.24, 2.45) is 0 Å². The van der Waals surface area contributed by atoms with Crippen LogP contribution in [-0.2, 0) is 11.8 Å². The second-order valence-electron chi connectivity index (χ2n) is 4.78. The molecule has 92 valence electrons. The van der Waals surface area contributed by atoms with Gasteiger partial charge in [0.2, 0.25) is 5.13 Å². The summed E-state index contributed by atoms with van der Waals surface area (Å²) < 4.78 is 4.36. The summed E-state index contributed by atoms with van der Waals surface area (Å²) in [6.45, 7) is 7.21. The predicted octanol–water partition coefficient (Wildman–Crippen LogP) is 2.95. The second-order valence-corrected chi connectivity index (χ2v) is 6.51. The zero-order chi connectivity index (χ0) is 12.3. The third-order valence-corrected chi connectivity index (χ3v) is 3.71. The maximum atomic E-state index is 4.48. The summed E-state index contributed by atoms with van der Waals surface area (Å²) in [4.78, 5) is 8.72. The van der Waals surface area contributed by atoms with Crippen LogP contribution in [0.5, 0.6) is 0 Å². The van der Waals surface area contributed by atoms with Gasteiger partial charge in [0, 0.05) is 41.5 Å². The van der Waals surface area contributed by atoms with Gasteiger partial charge in [0.25, 0.3) is 0 Å². The molecule has 0 unspecified atom stereocenters. The number of nitrogens with one attached hydrogen (secondary N) is 1. The Morgan fingerprint density at radius 1 is 1.35 bits per heavy atom. The molecule has 0 saturated carbocycles. The van der Waals surface area contributed by atoms with Crippen LogP contribution < -0.4 is 5.32 Å². The van der Waals surface area contributed by atoms with E-state index < -0.39 is 0 Å². The van der Waals surface area contributed by atoms with E-state index in [-0.39, 0.29) is 5.41 Å². The van der Waals surface area contributed by atoms with Crippen molar-refractivity contribution in [3.63, 3.8) is 0 Å². The zero-order valence-electron chi connectivity index (χ0n) is 10.2. The topological polar surface area (TPSA) is 50.7 Å². The van der Waals surface area contributed by atoms with Crippen molar-refractivity contribution in [2.45, 2.75) is 32.6 Å². The highest BCUT2D eigenvalue weighted by Crippen LogP contribution is 2.22. The predicted molar refractivity (Wildman–Crippen MR) is 72.9 cm³/mol. The van der Waals surface area contributed by atoms with Gasteiger partial charge >= 0.3 is 0 Å². The highest BCUT2D eigenvalue weighted by Gasteiger charge is 2.19. The first-order chi connectivity index (χ1) is 8.05. The molecule has 0 atom stereocenters. The molecule has 0 aliphatic carbocycles. The Balaban J connectivity index is 1.85. The lowest BCUT2D eigenvalue weighted by Gasteiger charge is -2.12. The van der Waals surface area contributed by atoms with Gasteiger partial charge in [-0.15, -0.1) is 11.3 Å². The fourth-order valence-electron chi connectivity index (χ4n) is 1.25. The van der Waals surface area contributed by atoms with E-state index in [9.17, 15) is 0 Å². The van der Waals surface area contributed by atoms with Crippen molar-refractivity contribution >= 4 is 28.0 Å². The smallest absolute Gasteiger partial charge is 0.202 e. The van der Waals surface area contributed by atoms with E-state index in [1.807, 2.05) is 11.6 Å². The van der Waals surface area contributed by atoms with E-state index in [0.717, 1.165) is 28.9 Å². The number of hydrogen-bond donors (Lipinski definition) is 1. The number of anilines is 1. The molecule has 1 N–H and O–H groups in total. The zero-order valence-corrected chi connectivity index (χ0v) is 11.9. The fraction of sp³-hybridized carbons (Fsp3) is 0.545. The van der Waals surface area contributed by atoms with Gasteiger partial charge in [-0.3, -0.25) is 0 Å². The van der Waals surface area contributed by atoms with Gasteiger partial charge in [0.05, 0.1) is 5.01 Å². The van der Waals surface area contributed by atoms with E-state index >= 15 is 0 Å². The highest BCUT2D eigenvalue weighted by atomic mass is 32.1. The summed E-state index contributed by atoms with van der Waals surface area (Å²) in [7, 11) is 0. The third-order valence-electron chi connectivity index (χ3n) is 2.20. The number of aromatic nitrogens is 3. The van der Waals surface area contributed by atoms with E-state index in [0.29, 0.717) is 0 Å². The SMILES string of the molecule is CC(C)(C)c1nsc(NCCc2nccs2)n1. The average molecular weight is 268 g/mol. The minimum Gasteiger partial charge on any atom is -0.360 e. The fourth-order valence-corrected chi connectivity index (χ4v) is 2.65. The van der Waals surface area contributed by atoms with Crippen molar-refractivity contribution in [1.82, 2.24) is 14.3 Å². The lowest BCUT2D eigenvalue weighted by atomic mass is 9.96. The van der Waals surface area contributed by atoms with Crippen LogP contribution in [0.3, 0.4) is 0 Å². The minimum atomic E-state index is 0.0196. The van der Waals surface area contributed by atoms with Gasteiger partial charge in [-0.05, 0) is 0 Å². The van der Waals surface area contributed by atoms with E-state index in [4.69, 9.17) is 0 Å². The van der Waals surface area contributed by atoms with Crippen LogP contribution in [0.4, 0.5) is 5.13 Å².